The van der Waals surface area contributed by atoms with Crippen LogP contribution in [0.15, 0.2) is 24.4 Å². The van der Waals surface area contributed by atoms with Crippen molar-refractivity contribution < 1.29 is 8.42 Å². The fourth-order valence-electron chi connectivity index (χ4n) is 1.73. The molecule has 0 aromatic carbocycles. The lowest BCUT2D eigenvalue weighted by molar-refractivity contribution is 0.301. The van der Waals surface area contributed by atoms with E-state index in [9.17, 15) is 8.42 Å². The molecule has 1 aliphatic heterocycles. The summed E-state index contributed by atoms with van der Waals surface area (Å²) in [7, 11) is -1.66. The molecule has 0 atom stereocenters. The summed E-state index contributed by atoms with van der Waals surface area (Å²) in [6.45, 7) is 1.53. The quantitative estimate of drug-likeness (QED) is 0.756. The maximum absolute atomic E-state index is 11.9. The molecular formula is C10H15N3O2S. The van der Waals surface area contributed by atoms with Crippen LogP contribution in [-0.4, -0.2) is 42.1 Å². The molecule has 6 heteroatoms. The average molecular weight is 241 g/mol. The van der Waals surface area contributed by atoms with Crippen LogP contribution in [-0.2, 0) is 16.8 Å². The Hall–Kier alpha value is -0.980. The minimum atomic E-state index is -3.27. The van der Waals surface area contributed by atoms with Crippen LogP contribution in [0.3, 0.4) is 0 Å². The summed E-state index contributed by atoms with van der Waals surface area (Å²) >= 11 is 0. The lowest BCUT2D eigenvalue weighted by atomic mass is 10.3. The Bertz CT molecular complexity index is 446. The van der Waals surface area contributed by atoms with Crippen LogP contribution in [0, 0.1) is 0 Å². The molecule has 0 spiro atoms. The molecule has 0 bridgehead atoms. The molecule has 1 saturated heterocycles. The molecule has 16 heavy (non-hydrogen) atoms. The second kappa shape index (κ2) is 4.48. The van der Waals surface area contributed by atoms with Gasteiger partial charge in [-0.2, -0.15) is 17.0 Å². The van der Waals surface area contributed by atoms with Gasteiger partial charge in [0, 0.05) is 26.3 Å². The van der Waals surface area contributed by atoms with Gasteiger partial charge in [0.15, 0.2) is 0 Å². The summed E-state index contributed by atoms with van der Waals surface area (Å²) in [6, 6.07) is 5.52. The van der Waals surface area contributed by atoms with Crippen molar-refractivity contribution >= 4 is 10.2 Å². The molecule has 1 aromatic heterocycles. The topological polar surface area (TPSA) is 53.5 Å². The number of aromatic nitrogens is 1. The molecular weight excluding hydrogens is 226 g/mol. The minimum absolute atomic E-state index is 0.355. The standard InChI is InChI=1S/C10H15N3O2S/c1-12-7-4-8-13(16(12,14)15)9-10-5-2-3-6-11-10/h2-3,5-6H,4,7-9H2,1H3. The predicted molar refractivity (Wildman–Crippen MR) is 60.8 cm³/mol. The van der Waals surface area contributed by atoms with Crippen molar-refractivity contribution in [1.82, 2.24) is 13.6 Å². The van der Waals surface area contributed by atoms with Crippen molar-refractivity contribution in [3.63, 3.8) is 0 Å². The maximum Gasteiger partial charge on any atom is 0.282 e. The Kier molecular flexibility index (Phi) is 3.22. The number of nitrogens with zero attached hydrogens (tertiary/aromatic N) is 3. The Morgan fingerprint density at radius 2 is 2.19 bits per heavy atom. The molecule has 88 valence electrons. The average Bonchev–Trinajstić information content (AvgIpc) is 2.27. The van der Waals surface area contributed by atoms with E-state index in [4.69, 9.17) is 0 Å². The van der Waals surface area contributed by atoms with Gasteiger partial charge in [-0.15, -0.1) is 0 Å². The Morgan fingerprint density at radius 1 is 1.38 bits per heavy atom. The van der Waals surface area contributed by atoms with Crippen molar-refractivity contribution in [3.05, 3.63) is 30.1 Å². The van der Waals surface area contributed by atoms with Gasteiger partial charge in [0.2, 0.25) is 0 Å². The maximum atomic E-state index is 11.9. The lowest BCUT2D eigenvalue weighted by Crippen LogP contribution is -2.47. The first-order chi connectivity index (χ1) is 7.60. The highest BCUT2D eigenvalue weighted by Crippen LogP contribution is 2.16. The van der Waals surface area contributed by atoms with E-state index >= 15 is 0 Å². The molecule has 1 aliphatic rings. The van der Waals surface area contributed by atoms with E-state index in [-0.39, 0.29) is 0 Å². The number of hydrogen-bond donors (Lipinski definition) is 0. The molecule has 2 heterocycles. The van der Waals surface area contributed by atoms with E-state index in [0.717, 1.165) is 12.1 Å². The molecule has 0 unspecified atom stereocenters. The van der Waals surface area contributed by atoms with E-state index in [0.29, 0.717) is 19.6 Å². The van der Waals surface area contributed by atoms with Crippen molar-refractivity contribution in [2.45, 2.75) is 13.0 Å². The molecule has 1 fully saturated rings. The zero-order valence-corrected chi connectivity index (χ0v) is 10.0. The van der Waals surface area contributed by atoms with Gasteiger partial charge in [-0.1, -0.05) is 6.07 Å². The first kappa shape index (κ1) is 11.5. The van der Waals surface area contributed by atoms with Gasteiger partial charge in [-0.3, -0.25) is 4.98 Å². The molecule has 0 aliphatic carbocycles. The summed E-state index contributed by atoms with van der Waals surface area (Å²) in [6.07, 6.45) is 2.54. The fourth-order valence-corrected chi connectivity index (χ4v) is 3.14. The van der Waals surface area contributed by atoms with Crippen LogP contribution >= 0.6 is 0 Å². The summed E-state index contributed by atoms with van der Waals surface area (Å²) in [5, 5.41) is 0. The van der Waals surface area contributed by atoms with Crippen molar-refractivity contribution in [1.29, 1.82) is 0 Å². The SMILES string of the molecule is CN1CCCN(Cc2ccccn2)S1(=O)=O. The molecule has 0 radical (unpaired) electrons. The zero-order valence-electron chi connectivity index (χ0n) is 9.20. The molecule has 2 rings (SSSR count). The smallest absolute Gasteiger partial charge is 0.260 e. The van der Waals surface area contributed by atoms with Crippen molar-refractivity contribution in [3.8, 4) is 0 Å². The third-order valence-corrected chi connectivity index (χ3v) is 4.60. The minimum Gasteiger partial charge on any atom is -0.260 e. The molecule has 5 nitrogen and oxygen atoms in total. The van der Waals surface area contributed by atoms with E-state index in [1.807, 2.05) is 18.2 Å². The van der Waals surface area contributed by atoms with Crippen LogP contribution in [0.5, 0.6) is 0 Å². The van der Waals surface area contributed by atoms with Crippen LogP contribution in [0.1, 0.15) is 12.1 Å². The van der Waals surface area contributed by atoms with E-state index in [1.54, 1.807) is 13.2 Å². The normalized spacial score (nSPS) is 22.1. The fraction of sp³-hybridized carbons (Fsp3) is 0.500. The number of pyridine rings is 1. The van der Waals surface area contributed by atoms with E-state index in [1.165, 1.54) is 8.61 Å². The van der Waals surface area contributed by atoms with Gasteiger partial charge in [-0.25, -0.2) is 0 Å². The van der Waals surface area contributed by atoms with Crippen LogP contribution in [0.25, 0.3) is 0 Å². The van der Waals surface area contributed by atoms with E-state index in [2.05, 4.69) is 4.98 Å². The third-order valence-electron chi connectivity index (χ3n) is 2.67. The van der Waals surface area contributed by atoms with Gasteiger partial charge in [0.1, 0.15) is 0 Å². The summed E-state index contributed by atoms with van der Waals surface area (Å²) in [5.41, 5.74) is 0.779. The Labute approximate surface area is 95.9 Å². The predicted octanol–water partition coefficient (Wildman–Crippen LogP) is 0.464. The summed E-state index contributed by atoms with van der Waals surface area (Å²) in [4.78, 5) is 4.14. The van der Waals surface area contributed by atoms with Gasteiger partial charge in [0.05, 0.1) is 12.2 Å². The molecule has 0 N–H and O–H groups in total. The van der Waals surface area contributed by atoms with Crippen LogP contribution < -0.4 is 0 Å². The molecule has 0 amide bonds. The van der Waals surface area contributed by atoms with Crippen LogP contribution in [0.2, 0.25) is 0 Å². The number of hydrogen-bond acceptors (Lipinski definition) is 3. The van der Waals surface area contributed by atoms with Gasteiger partial charge < -0.3 is 0 Å². The highest BCUT2D eigenvalue weighted by Gasteiger charge is 2.30. The second-order valence-corrected chi connectivity index (χ2v) is 5.87. The Morgan fingerprint density at radius 3 is 2.88 bits per heavy atom. The van der Waals surface area contributed by atoms with Crippen molar-refractivity contribution in [2.75, 3.05) is 20.1 Å². The zero-order chi connectivity index (χ0) is 11.6. The second-order valence-electron chi connectivity index (χ2n) is 3.84. The van der Waals surface area contributed by atoms with Gasteiger partial charge in [0.25, 0.3) is 10.2 Å². The lowest BCUT2D eigenvalue weighted by Gasteiger charge is -2.32. The highest BCUT2D eigenvalue weighted by atomic mass is 32.2. The summed E-state index contributed by atoms with van der Waals surface area (Å²) < 4.78 is 26.7. The van der Waals surface area contributed by atoms with Crippen LogP contribution in [0.4, 0.5) is 0 Å². The third kappa shape index (κ3) is 2.23. The molecule has 0 saturated carbocycles. The Balaban J connectivity index is 2.16. The molecule has 1 aromatic rings. The first-order valence-corrected chi connectivity index (χ1v) is 6.62. The van der Waals surface area contributed by atoms with E-state index < -0.39 is 10.2 Å². The first-order valence-electron chi connectivity index (χ1n) is 5.22. The van der Waals surface area contributed by atoms with Gasteiger partial charge >= 0.3 is 0 Å². The van der Waals surface area contributed by atoms with Crippen molar-refractivity contribution in [2.24, 2.45) is 0 Å². The monoisotopic (exact) mass is 241 g/mol. The van der Waals surface area contributed by atoms with Gasteiger partial charge in [-0.05, 0) is 18.6 Å². The largest absolute Gasteiger partial charge is 0.282 e. The summed E-state index contributed by atoms with van der Waals surface area (Å²) in [5.74, 6) is 0. The number of rotatable bonds is 2. The highest BCUT2D eigenvalue weighted by molar-refractivity contribution is 7.86.